The van der Waals surface area contributed by atoms with Gasteiger partial charge in [-0.15, -0.1) is 0 Å². The lowest BCUT2D eigenvalue weighted by Gasteiger charge is -2.34. The van der Waals surface area contributed by atoms with Crippen molar-refractivity contribution in [1.29, 1.82) is 0 Å². The normalized spacial score (nSPS) is 19.4. The molecule has 1 aliphatic rings. The van der Waals surface area contributed by atoms with Crippen molar-refractivity contribution in [3.63, 3.8) is 0 Å². The molecule has 1 radical (unpaired) electrons. The van der Waals surface area contributed by atoms with Crippen molar-refractivity contribution >= 4 is 7.94 Å². The van der Waals surface area contributed by atoms with E-state index < -0.39 is 7.94 Å². The molecule has 2 aromatic carbocycles. The molecule has 153 valence electrons. The molecule has 0 spiro atoms. The molecule has 1 unspecified atom stereocenters. The molecule has 1 N–H and O–H groups in total. The Morgan fingerprint density at radius 3 is 1.86 bits per heavy atom. The summed E-state index contributed by atoms with van der Waals surface area (Å²) in [5, 5.41) is 0. The molecule has 3 rings (SSSR count). The van der Waals surface area contributed by atoms with E-state index in [1.807, 2.05) is 6.92 Å². The largest absolute Gasteiger partial charge is 0.426 e. The molecule has 1 atom stereocenters. The molecular formula is C24H34O3P. The maximum absolute atomic E-state index is 11.4. The maximum atomic E-state index is 11.4. The SMILES string of the molecule is Cc1cc(C)c2c(c1)C[P](O)(Oc1c(C(C)(C)C)cc(C)cc1C(C)(C)C)O2. The summed E-state index contributed by atoms with van der Waals surface area (Å²) in [7, 11) is -3.08. The molecule has 0 aromatic heterocycles. The third-order valence-electron chi connectivity index (χ3n) is 5.18. The van der Waals surface area contributed by atoms with Crippen LogP contribution in [0.3, 0.4) is 0 Å². The molecular weight excluding hydrogens is 367 g/mol. The Hall–Kier alpha value is -1.57. The third-order valence-corrected chi connectivity index (χ3v) is 6.86. The van der Waals surface area contributed by atoms with Crippen LogP contribution in [-0.4, -0.2) is 4.89 Å². The van der Waals surface area contributed by atoms with Crippen molar-refractivity contribution < 1.29 is 13.9 Å². The zero-order valence-electron chi connectivity index (χ0n) is 18.7. The van der Waals surface area contributed by atoms with Crippen LogP contribution in [0.2, 0.25) is 0 Å². The molecule has 4 heteroatoms. The molecule has 0 bridgehead atoms. The van der Waals surface area contributed by atoms with E-state index in [0.717, 1.165) is 33.8 Å². The summed E-state index contributed by atoms with van der Waals surface area (Å²) in [6, 6.07) is 8.53. The fraction of sp³-hybridized carbons (Fsp3) is 0.500. The van der Waals surface area contributed by atoms with E-state index in [9.17, 15) is 4.89 Å². The smallest absolute Gasteiger partial charge is 0.339 e. The summed E-state index contributed by atoms with van der Waals surface area (Å²) in [6.45, 7) is 19.3. The first kappa shape index (κ1) is 21.1. The van der Waals surface area contributed by atoms with Crippen LogP contribution in [0.1, 0.15) is 74.9 Å². The molecule has 2 aromatic rings. The van der Waals surface area contributed by atoms with E-state index in [4.69, 9.17) is 9.05 Å². The first-order valence-electron chi connectivity index (χ1n) is 9.95. The number of rotatable bonds is 2. The van der Waals surface area contributed by atoms with Crippen LogP contribution in [0.5, 0.6) is 11.5 Å². The molecule has 0 saturated carbocycles. The van der Waals surface area contributed by atoms with Crippen molar-refractivity contribution in [3.05, 3.63) is 57.6 Å². The second kappa shape index (κ2) is 6.75. The lowest BCUT2D eigenvalue weighted by atomic mass is 9.78. The Morgan fingerprint density at radius 2 is 1.36 bits per heavy atom. The standard InChI is InChI=1S/C24H34O3P/c1-15-10-17(3)21-18(11-15)14-28(25,26-21)27-22-19(23(4,5)6)12-16(2)13-20(22)24(7,8)9/h10-13,25H,14H2,1-9H3. The highest BCUT2D eigenvalue weighted by Crippen LogP contribution is 2.66. The molecule has 1 aliphatic heterocycles. The van der Waals surface area contributed by atoms with E-state index in [2.05, 4.69) is 79.7 Å². The molecule has 0 fully saturated rings. The van der Waals surface area contributed by atoms with Gasteiger partial charge < -0.3 is 13.9 Å². The summed E-state index contributed by atoms with van der Waals surface area (Å²) in [4.78, 5) is 11.4. The van der Waals surface area contributed by atoms with Crippen LogP contribution in [0.25, 0.3) is 0 Å². The fourth-order valence-electron chi connectivity index (χ4n) is 3.86. The van der Waals surface area contributed by atoms with E-state index in [-0.39, 0.29) is 10.8 Å². The van der Waals surface area contributed by atoms with Gasteiger partial charge in [0.05, 0.1) is 6.16 Å². The Bertz CT molecular complexity index is 884. The zero-order chi connectivity index (χ0) is 21.1. The van der Waals surface area contributed by atoms with Gasteiger partial charge in [0.25, 0.3) is 0 Å². The molecule has 0 saturated heterocycles. The quantitative estimate of drug-likeness (QED) is 0.554. The second-order valence-electron chi connectivity index (χ2n) is 10.2. The van der Waals surface area contributed by atoms with Gasteiger partial charge in [-0.3, -0.25) is 0 Å². The van der Waals surface area contributed by atoms with Gasteiger partial charge in [-0.05, 0) is 37.2 Å². The zero-order valence-corrected chi connectivity index (χ0v) is 19.6. The van der Waals surface area contributed by atoms with E-state index in [0.29, 0.717) is 6.16 Å². The highest BCUT2D eigenvalue weighted by molar-refractivity contribution is 7.61. The molecule has 1 heterocycles. The summed E-state index contributed by atoms with van der Waals surface area (Å²) in [5.41, 5.74) is 6.46. The monoisotopic (exact) mass is 401 g/mol. The van der Waals surface area contributed by atoms with Gasteiger partial charge in [-0.1, -0.05) is 76.9 Å². The van der Waals surface area contributed by atoms with Gasteiger partial charge in [0.1, 0.15) is 11.5 Å². The van der Waals surface area contributed by atoms with Gasteiger partial charge in [0.2, 0.25) is 0 Å². The Balaban J connectivity index is 2.11. The van der Waals surface area contributed by atoms with Gasteiger partial charge in [0, 0.05) is 16.7 Å². The van der Waals surface area contributed by atoms with E-state index in [1.165, 1.54) is 11.1 Å². The van der Waals surface area contributed by atoms with Crippen LogP contribution < -0.4 is 9.05 Å². The first-order valence-corrected chi connectivity index (χ1v) is 11.7. The fourth-order valence-corrected chi connectivity index (χ4v) is 5.72. The first-order chi connectivity index (χ1) is 12.7. The molecule has 3 nitrogen and oxygen atoms in total. The van der Waals surface area contributed by atoms with Crippen LogP contribution in [0, 0.1) is 20.8 Å². The predicted octanol–water partition coefficient (Wildman–Crippen LogP) is 6.93. The minimum Gasteiger partial charge on any atom is -0.426 e. The molecule has 0 aliphatic carbocycles. The molecule has 28 heavy (non-hydrogen) atoms. The number of benzene rings is 2. The van der Waals surface area contributed by atoms with Crippen LogP contribution in [-0.2, 0) is 17.0 Å². The number of fused-ring (bicyclic) bond motifs is 1. The average Bonchev–Trinajstić information content (AvgIpc) is 2.83. The van der Waals surface area contributed by atoms with Gasteiger partial charge in [-0.2, -0.15) is 0 Å². The third kappa shape index (κ3) is 4.07. The topological polar surface area (TPSA) is 38.7 Å². The predicted molar refractivity (Wildman–Crippen MR) is 119 cm³/mol. The maximum Gasteiger partial charge on any atom is 0.339 e. The van der Waals surface area contributed by atoms with Crippen LogP contribution in [0.15, 0.2) is 24.3 Å². The minimum atomic E-state index is -3.08. The van der Waals surface area contributed by atoms with Crippen molar-refractivity contribution in [2.45, 2.75) is 79.3 Å². The summed E-state index contributed by atoms with van der Waals surface area (Å²) >= 11 is 0. The highest BCUT2D eigenvalue weighted by atomic mass is 31.2. The van der Waals surface area contributed by atoms with Crippen molar-refractivity contribution in [2.75, 3.05) is 0 Å². The second-order valence-corrected chi connectivity index (χ2v) is 12.2. The Labute approximate surface area is 170 Å². The summed E-state index contributed by atoms with van der Waals surface area (Å²) in [5.74, 6) is 1.56. The number of hydrogen-bond donors (Lipinski definition) is 1. The lowest BCUT2D eigenvalue weighted by Crippen LogP contribution is -2.21. The van der Waals surface area contributed by atoms with E-state index >= 15 is 0 Å². The number of aryl methyl sites for hydroxylation is 3. The average molecular weight is 402 g/mol. The van der Waals surface area contributed by atoms with Gasteiger partial charge >= 0.3 is 7.94 Å². The number of hydrogen-bond acceptors (Lipinski definition) is 3. The Morgan fingerprint density at radius 1 is 0.857 bits per heavy atom. The summed E-state index contributed by atoms with van der Waals surface area (Å²) < 4.78 is 12.5. The van der Waals surface area contributed by atoms with Crippen molar-refractivity contribution in [2.24, 2.45) is 0 Å². The van der Waals surface area contributed by atoms with E-state index in [1.54, 1.807) is 0 Å². The highest BCUT2D eigenvalue weighted by Gasteiger charge is 2.42. The summed E-state index contributed by atoms with van der Waals surface area (Å²) in [6.07, 6.45) is 0.423. The molecule has 0 amide bonds. The van der Waals surface area contributed by atoms with Crippen LogP contribution >= 0.6 is 7.94 Å². The van der Waals surface area contributed by atoms with Gasteiger partial charge in [-0.25, -0.2) is 0 Å². The van der Waals surface area contributed by atoms with Gasteiger partial charge in [0.15, 0.2) is 0 Å². The lowest BCUT2D eigenvalue weighted by molar-refractivity contribution is 0.347. The van der Waals surface area contributed by atoms with Crippen molar-refractivity contribution in [1.82, 2.24) is 0 Å². The van der Waals surface area contributed by atoms with Crippen molar-refractivity contribution in [3.8, 4) is 11.5 Å². The van der Waals surface area contributed by atoms with Crippen LogP contribution in [0.4, 0.5) is 0 Å². The Kier molecular flexibility index (Phi) is 5.10. The minimum absolute atomic E-state index is 0.112.